The van der Waals surface area contributed by atoms with Gasteiger partial charge in [-0.2, -0.15) is 0 Å². The second kappa shape index (κ2) is 2.00. The number of rotatable bonds is 1. The van der Waals surface area contributed by atoms with E-state index in [1.807, 2.05) is 0 Å². The Kier molecular flexibility index (Phi) is 1.34. The van der Waals surface area contributed by atoms with Crippen molar-refractivity contribution in [2.75, 3.05) is 13.1 Å². The molecule has 1 amide bonds. The predicted molar refractivity (Wildman–Crippen MR) is 27.4 cm³/mol. The molecule has 46 valence electrons. The van der Waals surface area contributed by atoms with E-state index in [9.17, 15) is 4.79 Å². The number of hydrogen-bond donors (Lipinski definition) is 2. The van der Waals surface area contributed by atoms with Crippen molar-refractivity contribution in [3.63, 3.8) is 0 Å². The maximum Gasteiger partial charge on any atom is 0.419 e. The summed E-state index contributed by atoms with van der Waals surface area (Å²) in [6, 6.07) is 0. The molecule has 0 aliphatic carbocycles. The number of nitrogens with zero attached hydrogens (tertiary/aromatic N) is 1. The number of hydrazine groups is 1. The Labute approximate surface area is 47.1 Å². The van der Waals surface area contributed by atoms with Crippen molar-refractivity contribution in [3.8, 4) is 0 Å². The molecule has 0 bridgehead atoms. The molecule has 2 N–H and O–H groups in total. The van der Waals surface area contributed by atoms with Crippen molar-refractivity contribution in [2.24, 2.45) is 0 Å². The van der Waals surface area contributed by atoms with Crippen LogP contribution in [-0.2, 0) is 0 Å². The first-order valence-electron chi connectivity index (χ1n) is 2.53. The van der Waals surface area contributed by atoms with E-state index in [1.165, 1.54) is 0 Å². The summed E-state index contributed by atoms with van der Waals surface area (Å²) in [7, 11) is 0. The molecule has 1 aliphatic rings. The van der Waals surface area contributed by atoms with Gasteiger partial charge in [0.2, 0.25) is 0 Å². The zero-order chi connectivity index (χ0) is 5.98. The fourth-order valence-electron chi connectivity index (χ4n) is 0.563. The minimum Gasteiger partial charge on any atom is -0.464 e. The second-order valence-corrected chi connectivity index (χ2v) is 1.76. The van der Waals surface area contributed by atoms with E-state index >= 15 is 0 Å². The molecule has 1 saturated heterocycles. The standard InChI is InChI=1S/C4H8N2O2/c7-4(8)5-6-2-1-3-6/h5H,1-3H2,(H,7,8). The van der Waals surface area contributed by atoms with Gasteiger partial charge in [0.05, 0.1) is 0 Å². The zero-order valence-corrected chi connectivity index (χ0v) is 4.42. The maximum absolute atomic E-state index is 9.85. The van der Waals surface area contributed by atoms with Crippen LogP contribution >= 0.6 is 0 Å². The Morgan fingerprint density at radius 3 is 2.38 bits per heavy atom. The van der Waals surface area contributed by atoms with Crippen LogP contribution in [0.2, 0.25) is 0 Å². The predicted octanol–water partition coefficient (Wildman–Crippen LogP) is -0.125. The van der Waals surface area contributed by atoms with Gasteiger partial charge < -0.3 is 5.11 Å². The number of amides is 1. The summed E-state index contributed by atoms with van der Waals surface area (Å²) in [5, 5.41) is 9.75. The normalized spacial score (nSPS) is 19.5. The molecule has 8 heavy (non-hydrogen) atoms. The lowest BCUT2D eigenvalue weighted by molar-refractivity contribution is 0.0956. The molecule has 0 spiro atoms. The van der Waals surface area contributed by atoms with Gasteiger partial charge in [-0.1, -0.05) is 0 Å². The van der Waals surface area contributed by atoms with Crippen molar-refractivity contribution in [1.29, 1.82) is 0 Å². The van der Waals surface area contributed by atoms with E-state index in [0.29, 0.717) is 0 Å². The molecule has 1 heterocycles. The van der Waals surface area contributed by atoms with Gasteiger partial charge in [0.15, 0.2) is 0 Å². The summed E-state index contributed by atoms with van der Waals surface area (Å²) in [6.45, 7) is 1.71. The van der Waals surface area contributed by atoms with Crippen LogP contribution in [0.1, 0.15) is 6.42 Å². The van der Waals surface area contributed by atoms with Crippen LogP contribution in [-0.4, -0.2) is 29.3 Å². The van der Waals surface area contributed by atoms with E-state index < -0.39 is 6.09 Å². The number of carbonyl (C=O) groups is 1. The molecule has 0 saturated carbocycles. The topological polar surface area (TPSA) is 52.6 Å². The molecular weight excluding hydrogens is 108 g/mol. The largest absolute Gasteiger partial charge is 0.464 e. The highest BCUT2D eigenvalue weighted by Crippen LogP contribution is 1.99. The summed E-state index contributed by atoms with van der Waals surface area (Å²) >= 11 is 0. The molecule has 0 radical (unpaired) electrons. The molecule has 0 aromatic rings. The Morgan fingerprint density at radius 2 is 2.25 bits per heavy atom. The van der Waals surface area contributed by atoms with Crippen LogP contribution in [0.25, 0.3) is 0 Å². The Balaban J connectivity index is 2.09. The number of hydrogen-bond acceptors (Lipinski definition) is 2. The molecule has 0 atom stereocenters. The SMILES string of the molecule is O=C(O)NN1CCC1. The fourth-order valence-corrected chi connectivity index (χ4v) is 0.563. The van der Waals surface area contributed by atoms with Crippen molar-refractivity contribution in [1.82, 2.24) is 10.4 Å². The van der Waals surface area contributed by atoms with Gasteiger partial charge >= 0.3 is 6.09 Å². The van der Waals surface area contributed by atoms with Gasteiger partial charge in [0, 0.05) is 13.1 Å². The Hall–Kier alpha value is -0.770. The number of nitrogens with one attached hydrogen (secondary N) is 1. The fraction of sp³-hybridized carbons (Fsp3) is 0.750. The van der Waals surface area contributed by atoms with Gasteiger partial charge in [0.1, 0.15) is 0 Å². The van der Waals surface area contributed by atoms with Crippen molar-refractivity contribution in [2.45, 2.75) is 6.42 Å². The van der Waals surface area contributed by atoms with Crippen molar-refractivity contribution >= 4 is 6.09 Å². The third-order valence-electron chi connectivity index (χ3n) is 1.11. The van der Waals surface area contributed by atoms with Crippen LogP contribution in [0, 0.1) is 0 Å². The summed E-state index contributed by atoms with van der Waals surface area (Å²) in [5.74, 6) is 0. The van der Waals surface area contributed by atoms with Crippen LogP contribution in [0.3, 0.4) is 0 Å². The van der Waals surface area contributed by atoms with Crippen LogP contribution in [0.5, 0.6) is 0 Å². The minimum atomic E-state index is -0.968. The molecular formula is C4H8N2O2. The molecule has 1 fully saturated rings. The summed E-state index contributed by atoms with van der Waals surface area (Å²) < 4.78 is 0. The average Bonchev–Trinajstić information content (AvgIpc) is 1.55. The first-order chi connectivity index (χ1) is 3.79. The van der Waals surface area contributed by atoms with E-state index in [1.54, 1.807) is 5.01 Å². The van der Waals surface area contributed by atoms with E-state index in [2.05, 4.69) is 5.43 Å². The van der Waals surface area contributed by atoms with Crippen LogP contribution in [0.15, 0.2) is 0 Å². The molecule has 0 aromatic heterocycles. The van der Waals surface area contributed by atoms with E-state index in [4.69, 9.17) is 5.11 Å². The lowest BCUT2D eigenvalue weighted by Crippen LogP contribution is -2.49. The average molecular weight is 116 g/mol. The van der Waals surface area contributed by atoms with Crippen molar-refractivity contribution < 1.29 is 9.90 Å². The molecule has 4 nitrogen and oxygen atoms in total. The third kappa shape index (κ3) is 1.10. The molecule has 1 rings (SSSR count). The summed E-state index contributed by atoms with van der Waals surface area (Å²) in [4.78, 5) is 9.85. The van der Waals surface area contributed by atoms with Gasteiger partial charge in [-0.05, 0) is 6.42 Å². The third-order valence-corrected chi connectivity index (χ3v) is 1.11. The molecule has 4 heteroatoms. The van der Waals surface area contributed by atoms with E-state index in [-0.39, 0.29) is 0 Å². The quantitative estimate of drug-likeness (QED) is 0.502. The summed E-state index contributed by atoms with van der Waals surface area (Å²) in [5.41, 5.74) is 2.23. The van der Waals surface area contributed by atoms with Crippen LogP contribution < -0.4 is 5.43 Å². The number of carboxylic acid groups (broad SMARTS) is 1. The molecule has 0 aromatic carbocycles. The Bertz CT molecular complexity index is 100. The van der Waals surface area contributed by atoms with Crippen LogP contribution in [0.4, 0.5) is 4.79 Å². The minimum absolute atomic E-state index is 0.853. The van der Waals surface area contributed by atoms with Gasteiger partial charge in [-0.3, -0.25) is 5.43 Å². The monoisotopic (exact) mass is 116 g/mol. The molecule has 0 unspecified atom stereocenters. The van der Waals surface area contributed by atoms with Gasteiger partial charge in [-0.25, -0.2) is 9.80 Å². The van der Waals surface area contributed by atoms with Gasteiger partial charge in [0.25, 0.3) is 0 Å². The van der Waals surface area contributed by atoms with Crippen molar-refractivity contribution in [3.05, 3.63) is 0 Å². The highest BCUT2D eigenvalue weighted by Gasteiger charge is 2.14. The lowest BCUT2D eigenvalue weighted by atomic mass is 10.3. The Morgan fingerprint density at radius 1 is 1.62 bits per heavy atom. The highest BCUT2D eigenvalue weighted by molar-refractivity contribution is 5.63. The van der Waals surface area contributed by atoms with E-state index in [0.717, 1.165) is 19.5 Å². The lowest BCUT2D eigenvalue weighted by Gasteiger charge is -2.29. The smallest absolute Gasteiger partial charge is 0.419 e. The van der Waals surface area contributed by atoms with Gasteiger partial charge in [-0.15, -0.1) is 0 Å². The summed E-state index contributed by atoms with van der Waals surface area (Å²) in [6.07, 6.45) is 0.130. The first kappa shape index (κ1) is 5.37. The zero-order valence-electron chi connectivity index (χ0n) is 4.42. The highest BCUT2D eigenvalue weighted by atomic mass is 16.4. The second-order valence-electron chi connectivity index (χ2n) is 1.76. The molecule has 1 aliphatic heterocycles. The maximum atomic E-state index is 9.85. The first-order valence-corrected chi connectivity index (χ1v) is 2.53.